The third-order valence-electron chi connectivity index (χ3n) is 3.27. The van der Waals surface area contributed by atoms with Crippen LogP contribution in [0.1, 0.15) is 24.0 Å². The van der Waals surface area contributed by atoms with Gasteiger partial charge in [-0.3, -0.25) is 4.90 Å². The molecule has 0 radical (unpaired) electrons. The van der Waals surface area contributed by atoms with E-state index in [1.54, 1.807) is 6.07 Å². The third-order valence-corrected chi connectivity index (χ3v) is 3.27. The molecule has 2 nitrogen and oxygen atoms in total. The van der Waals surface area contributed by atoms with Crippen LogP contribution in [0.25, 0.3) is 0 Å². The normalized spacial score (nSPS) is 18.1. The molecule has 19 heavy (non-hydrogen) atoms. The van der Waals surface area contributed by atoms with Crippen LogP contribution in [0.5, 0.6) is 0 Å². The molecule has 0 aromatic heterocycles. The van der Waals surface area contributed by atoms with Crippen LogP contribution in [-0.4, -0.2) is 29.2 Å². The highest BCUT2D eigenvalue weighted by Gasteiger charge is 2.33. The van der Waals surface area contributed by atoms with Crippen LogP contribution in [0.15, 0.2) is 24.3 Å². The Kier molecular flexibility index (Phi) is 5.64. The first-order chi connectivity index (χ1) is 8.47. The lowest BCUT2D eigenvalue weighted by atomic mass is 10.0. The van der Waals surface area contributed by atoms with E-state index in [1.807, 2.05) is 4.90 Å². The molecule has 0 atom stereocenters. The molecule has 108 valence electrons. The summed E-state index contributed by atoms with van der Waals surface area (Å²) in [4.78, 5) is 1.96. The molecular weight excluding hydrogens is 279 g/mol. The molecule has 0 aliphatic carbocycles. The van der Waals surface area contributed by atoms with Crippen molar-refractivity contribution in [2.75, 3.05) is 13.1 Å². The van der Waals surface area contributed by atoms with Crippen molar-refractivity contribution >= 4 is 12.4 Å². The van der Waals surface area contributed by atoms with Gasteiger partial charge in [0, 0.05) is 19.6 Å². The molecule has 0 saturated carbocycles. The van der Waals surface area contributed by atoms with Crippen LogP contribution in [-0.2, 0) is 12.7 Å². The maximum absolute atomic E-state index is 12.8. The van der Waals surface area contributed by atoms with Gasteiger partial charge < -0.3 is 5.11 Å². The summed E-state index contributed by atoms with van der Waals surface area (Å²) in [6.07, 6.45) is -3.34. The van der Waals surface area contributed by atoms with Crippen molar-refractivity contribution in [1.82, 2.24) is 4.90 Å². The number of alkyl halides is 3. The molecule has 0 unspecified atom stereocenters. The molecule has 2 rings (SSSR count). The number of rotatable bonds is 2. The molecule has 1 fully saturated rings. The van der Waals surface area contributed by atoms with Gasteiger partial charge in [0.2, 0.25) is 0 Å². The Hall–Kier alpha value is -0.780. The minimum absolute atomic E-state index is 0. The molecule has 0 spiro atoms. The lowest BCUT2D eigenvalue weighted by Crippen LogP contribution is -2.35. The van der Waals surface area contributed by atoms with Gasteiger partial charge in [-0.15, -0.1) is 12.4 Å². The number of halogens is 4. The predicted octanol–water partition coefficient (Wildman–Crippen LogP) is 3.08. The van der Waals surface area contributed by atoms with Crippen molar-refractivity contribution in [2.24, 2.45) is 0 Å². The zero-order valence-corrected chi connectivity index (χ0v) is 11.2. The van der Waals surface area contributed by atoms with E-state index in [0.29, 0.717) is 38.0 Å². The van der Waals surface area contributed by atoms with E-state index in [9.17, 15) is 18.3 Å². The van der Waals surface area contributed by atoms with Gasteiger partial charge in [-0.25, -0.2) is 0 Å². The second kappa shape index (κ2) is 6.59. The Balaban J connectivity index is 0.00000180. The summed E-state index contributed by atoms with van der Waals surface area (Å²) in [5.41, 5.74) is -0.252. The number of aliphatic hydroxyl groups is 1. The number of benzene rings is 1. The van der Waals surface area contributed by atoms with Crippen molar-refractivity contribution in [1.29, 1.82) is 0 Å². The second-order valence-electron chi connectivity index (χ2n) is 4.66. The van der Waals surface area contributed by atoms with E-state index < -0.39 is 11.7 Å². The molecule has 1 saturated heterocycles. The summed E-state index contributed by atoms with van der Waals surface area (Å²) < 4.78 is 38.4. The molecular formula is C13H17ClF3NO. The van der Waals surface area contributed by atoms with Gasteiger partial charge in [-0.05, 0) is 24.5 Å². The number of piperidine rings is 1. The number of hydrogen-bond donors (Lipinski definition) is 1. The maximum Gasteiger partial charge on any atom is 0.416 e. The Morgan fingerprint density at radius 2 is 1.74 bits per heavy atom. The quantitative estimate of drug-likeness (QED) is 0.906. The van der Waals surface area contributed by atoms with Crippen molar-refractivity contribution in [3.05, 3.63) is 35.4 Å². The SMILES string of the molecule is Cl.OC1CCN(Cc2ccccc2C(F)(F)F)CC1. The Bertz CT molecular complexity index is 403. The number of nitrogens with zero attached hydrogens (tertiary/aromatic N) is 1. The fourth-order valence-corrected chi connectivity index (χ4v) is 2.25. The Morgan fingerprint density at radius 3 is 2.32 bits per heavy atom. The van der Waals surface area contributed by atoms with E-state index in [-0.39, 0.29) is 18.5 Å². The Morgan fingerprint density at radius 1 is 1.16 bits per heavy atom. The average molecular weight is 296 g/mol. The van der Waals surface area contributed by atoms with Crippen molar-refractivity contribution in [3.63, 3.8) is 0 Å². The van der Waals surface area contributed by atoms with Gasteiger partial charge in [0.15, 0.2) is 0 Å². The van der Waals surface area contributed by atoms with Gasteiger partial charge in [-0.1, -0.05) is 18.2 Å². The van der Waals surface area contributed by atoms with E-state index in [2.05, 4.69) is 0 Å². The molecule has 1 aliphatic rings. The van der Waals surface area contributed by atoms with Crippen LogP contribution in [0.4, 0.5) is 13.2 Å². The highest BCUT2D eigenvalue weighted by molar-refractivity contribution is 5.85. The minimum Gasteiger partial charge on any atom is -0.393 e. The first-order valence-electron chi connectivity index (χ1n) is 6.02. The van der Waals surface area contributed by atoms with Crippen molar-refractivity contribution < 1.29 is 18.3 Å². The number of aliphatic hydroxyl groups excluding tert-OH is 1. The average Bonchev–Trinajstić information content (AvgIpc) is 2.31. The summed E-state index contributed by atoms with van der Waals surface area (Å²) in [6.45, 7) is 1.59. The van der Waals surface area contributed by atoms with Crippen LogP contribution >= 0.6 is 12.4 Å². The summed E-state index contributed by atoms with van der Waals surface area (Å²) in [7, 11) is 0. The molecule has 1 N–H and O–H groups in total. The number of likely N-dealkylation sites (tertiary alicyclic amines) is 1. The van der Waals surface area contributed by atoms with E-state index >= 15 is 0 Å². The summed E-state index contributed by atoms with van der Waals surface area (Å²) in [5.74, 6) is 0. The van der Waals surface area contributed by atoms with E-state index in [1.165, 1.54) is 12.1 Å². The first kappa shape index (κ1) is 16.3. The molecule has 6 heteroatoms. The molecule has 0 amide bonds. The molecule has 0 bridgehead atoms. The lowest BCUT2D eigenvalue weighted by Gasteiger charge is -2.30. The van der Waals surface area contributed by atoms with Gasteiger partial charge in [0.1, 0.15) is 0 Å². The molecule has 1 aromatic carbocycles. The summed E-state index contributed by atoms with van der Waals surface area (Å²) in [6, 6.07) is 5.68. The standard InChI is InChI=1S/C13H16F3NO.ClH/c14-13(15,16)12-4-2-1-3-10(12)9-17-7-5-11(18)6-8-17;/h1-4,11,18H,5-9H2;1H. The third kappa shape index (κ3) is 4.37. The van der Waals surface area contributed by atoms with Gasteiger partial charge in [0.25, 0.3) is 0 Å². The second-order valence-corrected chi connectivity index (χ2v) is 4.66. The number of hydrogen-bond acceptors (Lipinski definition) is 2. The predicted molar refractivity (Wildman–Crippen MR) is 69.2 cm³/mol. The van der Waals surface area contributed by atoms with Crippen LogP contribution in [0, 0.1) is 0 Å². The van der Waals surface area contributed by atoms with Crippen LogP contribution < -0.4 is 0 Å². The fraction of sp³-hybridized carbons (Fsp3) is 0.538. The highest BCUT2D eigenvalue weighted by Crippen LogP contribution is 2.32. The van der Waals surface area contributed by atoms with Crippen LogP contribution in [0.3, 0.4) is 0 Å². The molecule has 1 heterocycles. The summed E-state index contributed by atoms with van der Waals surface area (Å²) >= 11 is 0. The highest BCUT2D eigenvalue weighted by atomic mass is 35.5. The monoisotopic (exact) mass is 295 g/mol. The molecule has 1 aromatic rings. The zero-order valence-electron chi connectivity index (χ0n) is 10.4. The van der Waals surface area contributed by atoms with E-state index in [0.717, 1.165) is 6.07 Å². The van der Waals surface area contributed by atoms with Crippen molar-refractivity contribution in [2.45, 2.75) is 31.7 Å². The minimum atomic E-state index is -4.30. The largest absolute Gasteiger partial charge is 0.416 e. The van der Waals surface area contributed by atoms with Gasteiger partial charge in [-0.2, -0.15) is 13.2 Å². The zero-order chi connectivity index (χ0) is 13.2. The lowest BCUT2D eigenvalue weighted by molar-refractivity contribution is -0.138. The fourth-order valence-electron chi connectivity index (χ4n) is 2.25. The Labute approximate surface area is 116 Å². The molecule has 1 aliphatic heterocycles. The maximum atomic E-state index is 12.8. The summed E-state index contributed by atoms with van der Waals surface area (Å²) in [5, 5.41) is 9.37. The van der Waals surface area contributed by atoms with Gasteiger partial charge in [0.05, 0.1) is 11.7 Å². The van der Waals surface area contributed by atoms with Crippen LogP contribution in [0.2, 0.25) is 0 Å². The first-order valence-corrected chi connectivity index (χ1v) is 6.02. The smallest absolute Gasteiger partial charge is 0.393 e. The van der Waals surface area contributed by atoms with Gasteiger partial charge >= 0.3 is 6.18 Å². The topological polar surface area (TPSA) is 23.5 Å². The van der Waals surface area contributed by atoms with Crippen molar-refractivity contribution in [3.8, 4) is 0 Å². The van der Waals surface area contributed by atoms with E-state index in [4.69, 9.17) is 0 Å².